The van der Waals surface area contributed by atoms with Gasteiger partial charge in [0.1, 0.15) is 13.1 Å². The molecule has 2 aliphatic heterocycles. The lowest BCUT2D eigenvalue weighted by molar-refractivity contribution is -0.907. The number of allylic oxidation sites excluding steroid dienone is 2. The van der Waals surface area contributed by atoms with Crippen molar-refractivity contribution in [1.82, 2.24) is 4.90 Å². The summed E-state index contributed by atoms with van der Waals surface area (Å²) in [5, 5.41) is 0.716. The lowest BCUT2D eigenvalue weighted by Gasteiger charge is -2.25. The number of fused-ring (bicyclic) bond motifs is 1. The van der Waals surface area contributed by atoms with E-state index in [0.717, 1.165) is 32.8 Å². The number of ether oxygens (including phenoxy) is 1. The van der Waals surface area contributed by atoms with Crippen LogP contribution < -0.4 is 4.90 Å². The van der Waals surface area contributed by atoms with E-state index >= 15 is 0 Å². The van der Waals surface area contributed by atoms with E-state index in [9.17, 15) is 9.59 Å². The summed E-state index contributed by atoms with van der Waals surface area (Å²) in [5.74, 6) is -0.434. The zero-order valence-electron chi connectivity index (χ0n) is 11.4. The Morgan fingerprint density at radius 2 is 1.95 bits per heavy atom. The molecular weight excluding hydrogens is 280 g/mol. The highest BCUT2D eigenvalue weighted by Crippen LogP contribution is 2.38. The SMILES string of the molecule is O=C1C2CC=C(Cl)CC2C(=O)N1CC[NH+]1CCOCC1. The van der Waals surface area contributed by atoms with Crippen molar-refractivity contribution < 1.29 is 19.2 Å². The number of likely N-dealkylation sites (tertiary alicyclic amines) is 1. The van der Waals surface area contributed by atoms with Crippen molar-refractivity contribution in [3.8, 4) is 0 Å². The number of rotatable bonds is 3. The number of nitrogens with one attached hydrogen (secondary N) is 1. The van der Waals surface area contributed by atoms with Gasteiger partial charge in [-0.25, -0.2) is 0 Å². The topological polar surface area (TPSA) is 51.0 Å². The first-order chi connectivity index (χ1) is 9.66. The number of quaternary nitrogens is 1. The highest BCUT2D eigenvalue weighted by atomic mass is 35.5. The molecule has 2 unspecified atom stereocenters. The Morgan fingerprint density at radius 1 is 1.25 bits per heavy atom. The summed E-state index contributed by atoms with van der Waals surface area (Å²) >= 11 is 6.00. The average Bonchev–Trinajstić information content (AvgIpc) is 2.70. The average molecular weight is 300 g/mol. The molecule has 0 saturated carbocycles. The Kier molecular flexibility index (Phi) is 4.10. The van der Waals surface area contributed by atoms with Crippen molar-refractivity contribution in [2.24, 2.45) is 11.8 Å². The van der Waals surface area contributed by atoms with E-state index < -0.39 is 0 Å². The Balaban J connectivity index is 1.60. The molecule has 6 heteroatoms. The van der Waals surface area contributed by atoms with Gasteiger partial charge in [0.25, 0.3) is 0 Å². The lowest BCUT2D eigenvalue weighted by Crippen LogP contribution is -3.14. The molecule has 3 aliphatic rings. The molecule has 1 N–H and O–H groups in total. The molecule has 2 atom stereocenters. The number of carbonyl (C=O) groups excluding carboxylic acids is 2. The van der Waals surface area contributed by atoms with Crippen LogP contribution in [0.1, 0.15) is 12.8 Å². The second-order valence-corrected chi connectivity index (χ2v) is 6.23. The maximum Gasteiger partial charge on any atom is 0.233 e. The Bertz CT molecular complexity index is 446. The molecule has 0 radical (unpaired) electrons. The summed E-state index contributed by atoms with van der Waals surface area (Å²) in [5.41, 5.74) is 0. The van der Waals surface area contributed by atoms with E-state index in [2.05, 4.69) is 0 Å². The first-order valence-electron chi connectivity index (χ1n) is 7.28. The molecule has 2 amide bonds. The van der Waals surface area contributed by atoms with Crippen LogP contribution >= 0.6 is 11.6 Å². The van der Waals surface area contributed by atoms with E-state index in [0.29, 0.717) is 24.4 Å². The van der Waals surface area contributed by atoms with Gasteiger partial charge in [0.2, 0.25) is 11.8 Å². The molecule has 0 bridgehead atoms. The van der Waals surface area contributed by atoms with Gasteiger partial charge in [0.05, 0.1) is 38.1 Å². The van der Waals surface area contributed by atoms with E-state index in [1.165, 1.54) is 9.80 Å². The molecule has 20 heavy (non-hydrogen) atoms. The van der Waals surface area contributed by atoms with Crippen LogP contribution in [0.5, 0.6) is 0 Å². The second-order valence-electron chi connectivity index (χ2n) is 5.74. The first-order valence-corrected chi connectivity index (χ1v) is 7.65. The molecule has 2 heterocycles. The highest BCUT2D eigenvalue weighted by molar-refractivity contribution is 6.30. The smallest absolute Gasteiger partial charge is 0.233 e. The number of hydrogen-bond acceptors (Lipinski definition) is 3. The quantitative estimate of drug-likeness (QED) is 0.710. The molecule has 0 aromatic heterocycles. The third-order valence-corrected chi connectivity index (χ3v) is 4.86. The van der Waals surface area contributed by atoms with Crippen molar-refractivity contribution in [3.63, 3.8) is 0 Å². The van der Waals surface area contributed by atoms with Gasteiger partial charge in [0, 0.05) is 5.03 Å². The number of morpholine rings is 1. The van der Waals surface area contributed by atoms with Gasteiger partial charge < -0.3 is 9.64 Å². The summed E-state index contributed by atoms with van der Waals surface area (Å²) in [4.78, 5) is 27.5. The molecule has 2 fully saturated rings. The third kappa shape index (κ3) is 2.62. The van der Waals surface area contributed by atoms with Crippen molar-refractivity contribution in [2.75, 3.05) is 39.4 Å². The van der Waals surface area contributed by atoms with Crippen LogP contribution in [-0.4, -0.2) is 56.1 Å². The zero-order chi connectivity index (χ0) is 14.1. The maximum atomic E-state index is 12.4. The number of halogens is 1. The summed E-state index contributed by atoms with van der Waals surface area (Å²) in [6, 6.07) is 0. The van der Waals surface area contributed by atoms with Gasteiger partial charge in [-0.3, -0.25) is 14.5 Å². The Labute approximate surface area is 123 Å². The molecule has 0 spiro atoms. The van der Waals surface area contributed by atoms with Gasteiger partial charge in [-0.15, -0.1) is 0 Å². The summed E-state index contributed by atoms with van der Waals surface area (Å²) in [7, 11) is 0. The van der Waals surface area contributed by atoms with Gasteiger partial charge in [-0.05, 0) is 12.8 Å². The number of nitrogens with zero attached hydrogens (tertiary/aromatic N) is 1. The standard InChI is InChI=1S/C14H19ClN2O3/c15-10-1-2-11-12(9-10)14(19)17(13(11)18)4-3-16-5-7-20-8-6-16/h1,11-12H,2-9H2/p+1. The maximum absolute atomic E-state index is 12.4. The highest BCUT2D eigenvalue weighted by Gasteiger charge is 2.48. The van der Waals surface area contributed by atoms with Crippen LogP contribution in [0.15, 0.2) is 11.1 Å². The molecule has 1 aliphatic carbocycles. The van der Waals surface area contributed by atoms with Crippen LogP contribution in [0.4, 0.5) is 0 Å². The van der Waals surface area contributed by atoms with Crippen molar-refractivity contribution >= 4 is 23.4 Å². The number of imide groups is 1. The summed E-state index contributed by atoms with van der Waals surface area (Å²) in [6.45, 7) is 4.79. The minimum Gasteiger partial charge on any atom is -0.370 e. The molecule has 3 rings (SSSR count). The van der Waals surface area contributed by atoms with Crippen LogP contribution in [0.25, 0.3) is 0 Å². The van der Waals surface area contributed by atoms with Gasteiger partial charge in [-0.2, -0.15) is 0 Å². The largest absolute Gasteiger partial charge is 0.370 e. The van der Waals surface area contributed by atoms with Crippen LogP contribution in [-0.2, 0) is 14.3 Å². The fourth-order valence-corrected chi connectivity index (χ4v) is 3.55. The first kappa shape index (κ1) is 14.0. The summed E-state index contributed by atoms with van der Waals surface area (Å²) in [6.07, 6.45) is 3.01. The van der Waals surface area contributed by atoms with Crippen LogP contribution in [0.3, 0.4) is 0 Å². The monoisotopic (exact) mass is 299 g/mol. The zero-order valence-corrected chi connectivity index (χ0v) is 12.2. The molecule has 110 valence electrons. The predicted octanol–water partition coefficient (Wildman–Crippen LogP) is -0.581. The molecule has 0 aromatic rings. The third-order valence-electron chi connectivity index (χ3n) is 4.55. The second kappa shape index (κ2) is 5.84. The van der Waals surface area contributed by atoms with E-state index in [1.807, 2.05) is 6.08 Å². The summed E-state index contributed by atoms with van der Waals surface area (Å²) < 4.78 is 5.31. The fourth-order valence-electron chi connectivity index (χ4n) is 3.30. The van der Waals surface area contributed by atoms with Crippen molar-refractivity contribution in [3.05, 3.63) is 11.1 Å². The molecule has 2 saturated heterocycles. The minimum absolute atomic E-state index is 0.00641. The van der Waals surface area contributed by atoms with Gasteiger partial charge in [0.15, 0.2) is 0 Å². The van der Waals surface area contributed by atoms with E-state index in [4.69, 9.17) is 16.3 Å². The van der Waals surface area contributed by atoms with E-state index in [1.54, 1.807) is 0 Å². The van der Waals surface area contributed by atoms with Crippen molar-refractivity contribution in [2.45, 2.75) is 12.8 Å². The predicted molar refractivity (Wildman–Crippen MR) is 73.3 cm³/mol. The van der Waals surface area contributed by atoms with Crippen LogP contribution in [0, 0.1) is 11.8 Å². The van der Waals surface area contributed by atoms with E-state index in [-0.39, 0.29) is 23.7 Å². The van der Waals surface area contributed by atoms with Crippen LogP contribution in [0.2, 0.25) is 0 Å². The lowest BCUT2D eigenvalue weighted by atomic mass is 9.85. The minimum atomic E-state index is -0.223. The fraction of sp³-hybridized carbons (Fsp3) is 0.714. The number of amides is 2. The number of carbonyl (C=O) groups is 2. The molecule has 0 aromatic carbocycles. The normalized spacial score (nSPS) is 31.4. The van der Waals surface area contributed by atoms with Gasteiger partial charge in [-0.1, -0.05) is 17.7 Å². The molecular formula is C14H20ClN2O3+. The Hall–Kier alpha value is -0.910. The van der Waals surface area contributed by atoms with Crippen molar-refractivity contribution in [1.29, 1.82) is 0 Å². The van der Waals surface area contributed by atoms with Gasteiger partial charge >= 0.3 is 0 Å². The number of hydrogen-bond donors (Lipinski definition) is 1. The molecule has 5 nitrogen and oxygen atoms in total. The Morgan fingerprint density at radius 3 is 2.70 bits per heavy atom.